The third kappa shape index (κ3) is 2.90. The molecule has 5 rings (SSSR count). The minimum atomic E-state index is 0.150. The Morgan fingerprint density at radius 2 is 1.86 bits per heavy atom. The SMILES string of the molecule is Cn1cc(-c2cccc3c(C(=O)N4CCC5(CCOCC5)C4)cccc23)cn1. The van der Waals surface area contributed by atoms with Crippen molar-refractivity contribution in [1.82, 2.24) is 14.7 Å². The van der Waals surface area contributed by atoms with E-state index in [9.17, 15) is 4.79 Å². The van der Waals surface area contributed by atoms with Crippen molar-refractivity contribution in [3.05, 3.63) is 54.4 Å². The van der Waals surface area contributed by atoms with Gasteiger partial charge in [-0.05, 0) is 47.1 Å². The van der Waals surface area contributed by atoms with E-state index in [4.69, 9.17) is 4.74 Å². The molecule has 2 aliphatic rings. The quantitative estimate of drug-likeness (QED) is 0.683. The summed E-state index contributed by atoms with van der Waals surface area (Å²) < 4.78 is 7.35. The lowest BCUT2D eigenvalue weighted by Crippen LogP contribution is -2.35. The summed E-state index contributed by atoms with van der Waals surface area (Å²) in [5.41, 5.74) is 3.24. The molecule has 5 nitrogen and oxygen atoms in total. The summed E-state index contributed by atoms with van der Waals surface area (Å²) >= 11 is 0. The third-order valence-corrected chi connectivity index (χ3v) is 6.45. The van der Waals surface area contributed by atoms with E-state index >= 15 is 0 Å². The van der Waals surface area contributed by atoms with Crippen LogP contribution < -0.4 is 0 Å². The van der Waals surface area contributed by atoms with E-state index in [1.807, 2.05) is 37.6 Å². The molecule has 0 atom stereocenters. The van der Waals surface area contributed by atoms with Gasteiger partial charge in [-0.15, -0.1) is 0 Å². The Hall–Kier alpha value is -2.66. The zero-order valence-corrected chi connectivity index (χ0v) is 16.2. The normalized spacial score (nSPS) is 18.8. The molecule has 2 aliphatic heterocycles. The Balaban J connectivity index is 1.50. The molecule has 144 valence electrons. The molecule has 0 bridgehead atoms. The van der Waals surface area contributed by atoms with Crippen LogP contribution in [0.4, 0.5) is 0 Å². The Bertz CT molecular complexity index is 1030. The first-order valence-electron chi connectivity index (χ1n) is 10.0. The van der Waals surface area contributed by atoms with Gasteiger partial charge in [0, 0.05) is 50.7 Å². The number of hydrogen-bond donors (Lipinski definition) is 0. The van der Waals surface area contributed by atoms with Gasteiger partial charge in [-0.25, -0.2) is 0 Å². The maximum Gasteiger partial charge on any atom is 0.254 e. The highest BCUT2D eigenvalue weighted by atomic mass is 16.5. The summed E-state index contributed by atoms with van der Waals surface area (Å²) in [6.45, 7) is 3.35. The number of amides is 1. The van der Waals surface area contributed by atoms with E-state index < -0.39 is 0 Å². The smallest absolute Gasteiger partial charge is 0.254 e. The zero-order chi connectivity index (χ0) is 19.1. The van der Waals surface area contributed by atoms with Crippen LogP contribution in [0, 0.1) is 5.41 Å². The molecule has 0 N–H and O–H groups in total. The Labute approximate surface area is 164 Å². The van der Waals surface area contributed by atoms with Gasteiger partial charge in [0.1, 0.15) is 0 Å². The lowest BCUT2D eigenvalue weighted by molar-refractivity contribution is 0.0191. The monoisotopic (exact) mass is 375 g/mol. The van der Waals surface area contributed by atoms with Crippen LogP contribution in [0.3, 0.4) is 0 Å². The number of likely N-dealkylation sites (tertiary alicyclic amines) is 1. The summed E-state index contributed by atoms with van der Waals surface area (Å²) in [4.78, 5) is 15.5. The maximum absolute atomic E-state index is 13.4. The zero-order valence-electron chi connectivity index (χ0n) is 16.2. The van der Waals surface area contributed by atoms with Crippen LogP contribution in [-0.4, -0.2) is 46.9 Å². The highest BCUT2D eigenvalue weighted by Gasteiger charge is 2.41. The molecule has 2 fully saturated rings. The van der Waals surface area contributed by atoms with Crippen LogP contribution in [0.2, 0.25) is 0 Å². The second-order valence-corrected chi connectivity index (χ2v) is 8.20. The van der Waals surface area contributed by atoms with Gasteiger partial charge in [-0.3, -0.25) is 9.48 Å². The van der Waals surface area contributed by atoms with Gasteiger partial charge in [0.25, 0.3) is 5.91 Å². The molecule has 1 amide bonds. The van der Waals surface area contributed by atoms with Crippen molar-refractivity contribution in [2.75, 3.05) is 26.3 Å². The van der Waals surface area contributed by atoms with Gasteiger partial charge >= 0.3 is 0 Å². The molecule has 0 aliphatic carbocycles. The number of nitrogens with zero attached hydrogens (tertiary/aromatic N) is 3. The van der Waals surface area contributed by atoms with E-state index in [-0.39, 0.29) is 11.3 Å². The lowest BCUT2D eigenvalue weighted by atomic mass is 9.80. The topological polar surface area (TPSA) is 47.4 Å². The van der Waals surface area contributed by atoms with Crippen molar-refractivity contribution in [2.45, 2.75) is 19.3 Å². The van der Waals surface area contributed by atoms with Gasteiger partial charge in [-0.2, -0.15) is 5.10 Å². The van der Waals surface area contributed by atoms with E-state index in [2.05, 4.69) is 28.2 Å². The summed E-state index contributed by atoms with van der Waals surface area (Å²) in [7, 11) is 1.92. The van der Waals surface area contributed by atoms with Gasteiger partial charge in [0.05, 0.1) is 6.20 Å². The fraction of sp³-hybridized carbons (Fsp3) is 0.391. The predicted octanol–water partition coefficient (Wildman–Crippen LogP) is 3.88. The molecule has 0 radical (unpaired) electrons. The highest BCUT2D eigenvalue weighted by Crippen LogP contribution is 2.40. The molecule has 0 saturated carbocycles. The largest absolute Gasteiger partial charge is 0.381 e. The number of rotatable bonds is 2. The standard InChI is InChI=1S/C23H25N3O2/c1-25-15-17(14-24-25)18-4-2-6-20-19(18)5-3-7-21(20)22(27)26-11-8-23(16-26)9-12-28-13-10-23/h2-7,14-15H,8-13,16H2,1H3. The number of aromatic nitrogens is 2. The second-order valence-electron chi connectivity index (χ2n) is 8.20. The second kappa shape index (κ2) is 6.74. The molecule has 1 aromatic heterocycles. The number of carbonyl (C=O) groups is 1. The van der Waals surface area contributed by atoms with Crippen molar-refractivity contribution >= 4 is 16.7 Å². The number of aryl methyl sites for hydroxylation is 1. The summed E-state index contributed by atoms with van der Waals surface area (Å²) in [5.74, 6) is 0.150. The third-order valence-electron chi connectivity index (χ3n) is 6.45. The first-order valence-corrected chi connectivity index (χ1v) is 10.0. The van der Waals surface area contributed by atoms with Gasteiger partial charge in [0.15, 0.2) is 0 Å². The van der Waals surface area contributed by atoms with Crippen molar-refractivity contribution in [2.24, 2.45) is 12.5 Å². The summed E-state index contributed by atoms with van der Waals surface area (Å²) in [6, 6.07) is 12.2. The Kier molecular flexibility index (Phi) is 4.20. The van der Waals surface area contributed by atoms with Crippen LogP contribution in [0.1, 0.15) is 29.6 Å². The lowest BCUT2D eigenvalue weighted by Gasteiger charge is -2.33. The molecule has 1 spiro atoms. The van der Waals surface area contributed by atoms with Crippen molar-refractivity contribution in [3.63, 3.8) is 0 Å². The molecule has 28 heavy (non-hydrogen) atoms. The minimum Gasteiger partial charge on any atom is -0.381 e. The van der Waals surface area contributed by atoms with Crippen LogP contribution >= 0.6 is 0 Å². The first kappa shape index (κ1) is 17.4. The summed E-state index contributed by atoms with van der Waals surface area (Å²) in [5, 5.41) is 6.41. The predicted molar refractivity (Wildman–Crippen MR) is 109 cm³/mol. The van der Waals surface area contributed by atoms with Crippen molar-refractivity contribution < 1.29 is 9.53 Å². The number of fused-ring (bicyclic) bond motifs is 1. The van der Waals surface area contributed by atoms with Crippen LogP contribution in [0.25, 0.3) is 21.9 Å². The number of hydrogen-bond acceptors (Lipinski definition) is 3. The summed E-state index contributed by atoms with van der Waals surface area (Å²) in [6.07, 6.45) is 7.11. The van der Waals surface area contributed by atoms with E-state index in [1.165, 1.54) is 0 Å². The molecule has 0 unspecified atom stereocenters. The van der Waals surface area contributed by atoms with Gasteiger partial charge < -0.3 is 9.64 Å². The average molecular weight is 375 g/mol. The average Bonchev–Trinajstić information content (AvgIpc) is 3.34. The van der Waals surface area contributed by atoms with Crippen LogP contribution in [0.5, 0.6) is 0 Å². The maximum atomic E-state index is 13.4. The van der Waals surface area contributed by atoms with E-state index in [0.29, 0.717) is 0 Å². The molecular formula is C23H25N3O2. The number of benzene rings is 2. The van der Waals surface area contributed by atoms with Crippen molar-refractivity contribution in [3.8, 4) is 11.1 Å². The molecule has 5 heteroatoms. The number of carbonyl (C=O) groups excluding carboxylic acids is 1. The number of ether oxygens (including phenoxy) is 1. The van der Waals surface area contributed by atoms with Gasteiger partial charge in [0.2, 0.25) is 0 Å². The molecule has 2 aromatic carbocycles. The van der Waals surface area contributed by atoms with E-state index in [0.717, 1.165) is 73.0 Å². The molecular weight excluding hydrogens is 350 g/mol. The Morgan fingerprint density at radius 3 is 2.64 bits per heavy atom. The molecule has 2 saturated heterocycles. The van der Waals surface area contributed by atoms with Crippen molar-refractivity contribution in [1.29, 1.82) is 0 Å². The fourth-order valence-electron chi connectivity index (χ4n) is 4.80. The highest BCUT2D eigenvalue weighted by molar-refractivity contribution is 6.10. The molecule has 3 aromatic rings. The first-order chi connectivity index (χ1) is 13.7. The van der Waals surface area contributed by atoms with Crippen LogP contribution in [-0.2, 0) is 11.8 Å². The molecule has 3 heterocycles. The Morgan fingerprint density at radius 1 is 1.07 bits per heavy atom. The van der Waals surface area contributed by atoms with E-state index in [1.54, 1.807) is 4.68 Å². The minimum absolute atomic E-state index is 0.150. The van der Waals surface area contributed by atoms with Gasteiger partial charge in [-0.1, -0.05) is 30.3 Å². The fourth-order valence-corrected chi connectivity index (χ4v) is 4.80. The van der Waals surface area contributed by atoms with Crippen LogP contribution in [0.15, 0.2) is 48.8 Å².